The SMILES string of the molecule is O=C(NCCN1C(=O)[C@@H]2[C@@H](C1=O)[C@H]1C=C[C@H]2C1)Nc1nncs1. The monoisotopic (exact) mass is 333 g/mol. The van der Waals surface area contributed by atoms with E-state index in [1.54, 1.807) is 0 Å². The van der Waals surface area contributed by atoms with E-state index in [4.69, 9.17) is 0 Å². The molecule has 2 heterocycles. The van der Waals surface area contributed by atoms with Crippen LogP contribution in [0.25, 0.3) is 0 Å². The molecule has 4 amide bonds. The van der Waals surface area contributed by atoms with Crippen molar-refractivity contribution in [2.75, 3.05) is 18.4 Å². The number of amides is 4. The third kappa shape index (κ3) is 2.31. The second kappa shape index (κ2) is 5.41. The van der Waals surface area contributed by atoms with Crippen LogP contribution in [0.15, 0.2) is 17.7 Å². The minimum atomic E-state index is -0.428. The zero-order valence-corrected chi connectivity index (χ0v) is 13.0. The summed E-state index contributed by atoms with van der Waals surface area (Å²) in [6.45, 7) is 0.415. The van der Waals surface area contributed by atoms with Crippen LogP contribution in [0.4, 0.5) is 9.93 Å². The lowest BCUT2D eigenvalue weighted by atomic mass is 9.85. The molecule has 9 heteroatoms. The molecule has 3 aliphatic rings. The molecular weight excluding hydrogens is 318 g/mol. The fourth-order valence-electron chi connectivity index (χ4n) is 3.83. The van der Waals surface area contributed by atoms with Crippen LogP contribution in [0.2, 0.25) is 0 Å². The first-order valence-corrected chi connectivity index (χ1v) is 8.37. The Morgan fingerprint density at radius 2 is 1.96 bits per heavy atom. The van der Waals surface area contributed by atoms with Gasteiger partial charge in [-0.2, -0.15) is 0 Å². The molecule has 1 saturated carbocycles. The third-order valence-corrected chi connectivity index (χ3v) is 5.37. The van der Waals surface area contributed by atoms with Gasteiger partial charge in [0.2, 0.25) is 16.9 Å². The van der Waals surface area contributed by atoms with Gasteiger partial charge in [0, 0.05) is 13.1 Å². The molecule has 1 aromatic heterocycles. The van der Waals surface area contributed by atoms with Crippen molar-refractivity contribution < 1.29 is 14.4 Å². The summed E-state index contributed by atoms with van der Waals surface area (Å²) >= 11 is 1.21. The number of carbonyl (C=O) groups excluding carboxylic acids is 3. The van der Waals surface area contributed by atoms with Gasteiger partial charge in [0.05, 0.1) is 11.8 Å². The maximum atomic E-state index is 12.4. The topological polar surface area (TPSA) is 104 Å². The molecule has 1 aromatic rings. The van der Waals surface area contributed by atoms with E-state index in [0.717, 1.165) is 6.42 Å². The lowest BCUT2D eigenvalue weighted by molar-refractivity contribution is -0.140. The Morgan fingerprint density at radius 1 is 1.26 bits per heavy atom. The number of rotatable bonds is 4. The smallest absolute Gasteiger partial charge is 0.321 e. The van der Waals surface area contributed by atoms with Crippen LogP contribution in [0.3, 0.4) is 0 Å². The number of hydrogen-bond donors (Lipinski definition) is 2. The quantitative estimate of drug-likeness (QED) is 0.615. The van der Waals surface area contributed by atoms with Crippen molar-refractivity contribution >= 4 is 34.3 Å². The van der Waals surface area contributed by atoms with Gasteiger partial charge in [-0.05, 0) is 18.3 Å². The van der Waals surface area contributed by atoms with E-state index in [0.29, 0.717) is 5.13 Å². The number of carbonyl (C=O) groups is 3. The van der Waals surface area contributed by atoms with Crippen LogP contribution >= 0.6 is 11.3 Å². The lowest BCUT2D eigenvalue weighted by Crippen LogP contribution is -2.40. The molecular formula is C14H15N5O3S. The highest BCUT2D eigenvalue weighted by Crippen LogP contribution is 2.52. The number of fused-ring (bicyclic) bond motifs is 5. The number of urea groups is 1. The molecule has 4 atom stereocenters. The Morgan fingerprint density at radius 3 is 2.57 bits per heavy atom. The van der Waals surface area contributed by atoms with Crippen LogP contribution < -0.4 is 10.6 Å². The van der Waals surface area contributed by atoms with Crippen molar-refractivity contribution in [3.8, 4) is 0 Å². The van der Waals surface area contributed by atoms with E-state index < -0.39 is 6.03 Å². The van der Waals surface area contributed by atoms with Crippen molar-refractivity contribution in [1.82, 2.24) is 20.4 Å². The summed E-state index contributed by atoms with van der Waals surface area (Å²) in [7, 11) is 0. The normalized spacial score (nSPS) is 30.9. The standard InChI is InChI=1S/C14H15N5O3S/c20-11-9-7-1-2-8(5-7)10(9)12(21)19(11)4-3-15-13(22)17-14-18-16-6-23-14/h1-2,6-10H,3-5H2,(H2,15,17,18,22)/t7-,8-,9-,10-/m0/s1. The van der Waals surface area contributed by atoms with Gasteiger partial charge >= 0.3 is 6.03 Å². The van der Waals surface area contributed by atoms with Gasteiger partial charge < -0.3 is 5.32 Å². The van der Waals surface area contributed by atoms with Gasteiger partial charge in [0.1, 0.15) is 5.51 Å². The van der Waals surface area contributed by atoms with Gasteiger partial charge in [0.25, 0.3) is 0 Å². The van der Waals surface area contributed by atoms with Gasteiger partial charge in [-0.25, -0.2) is 4.79 Å². The van der Waals surface area contributed by atoms with Gasteiger partial charge in [0.15, 0.2) is 0 Å². The molecule has 1 saturated heterocycles. The summed E-state index contributed by atoms with van der Waals surface area (Å²) in [6.07, 6.45) is 5.05. The molecule has 2 N–H and O–H groups in total. The van der Waals surface area contributed by atoms with E-state index in [1.807, 2.05) is 0 Å². The highest BCUT2D eigenvalue weighted by atomic mass is 32.1. The fourth-order valence-corrected chi connectivity index (χ4v) is 4.27. The Hall–Kier alpha value is -2.29. The number of imide groups is 1. The van der Waals surface area contributed by atoms with Crippen LogP contribution in [0, 0.1) is 23.7 Å². The first kappa shape index (κ1) is 14.3. The fraction of sp³-hybridized carbons (Fsp3) is 0.500. The average Bonchev–Trinajstić information content (AvgIpc) is 3.28. The summed E-state index contributed by atoms with van der Waals surface area (Å²) < 4.78 is 0. The number of anilines is 1. The summed E-state index contributed by atoms with van der Waals surface area (Å²) in [5.74, 6) is -0.146. The molecule has 2 aliphatic carbocycles. The largest absolute Gasteiger partial charge is 0.336 e. The predicted molar refractivity (Wildman–Crippen MR) is 81.4 cm³/mol. The second-order valence-electron chi connectivity index (χ2n) is 5.95. The molecule has 0 aromatic carbocycles. The summed E-state index contributed by atoms with van der Waals surface area (Å²) in [5, 5.41) is 12.9. The van der Waals surface area contributed by atoms with E-state index in [9.17, 15) is 14.4 Å². The molecule has 8 nitrogen and oxygen atoms in total. The summed E-state index contributed by atoms with van der Waals surface area (Å²) in [6, 6.07) is -0.428. The second-order valence-corrected chi connectivity index (χ2v) is 6.79. The van der Waals surface area contributed by atoms with Gasteiger partial charge in [-0.1, -0.05) is 23.5 Å². The van der Waals surface area contributed by atoms with Crippen molar-refractivity contribution in [2.45, 2.75) is 6.42 Å². The Kier molecular flexibility index (Phi) is 3.37. The molecule has 1 aliphatic heterocycles. The lowest BCUT2D eigenvalue weighted by Gasteiger charge is -2.17. The highest BCUT2D eigenvalue weighted by Gasteiger charge is 2.58. The van der Waals surface area contributed by atoms with E-state index in [2.05, 4.69) is 33.0 Å². The zero-order chi connectivity index (χ0) is 16.0. The molecule has 2 bridgehead atoms. The number of nitrogens with one attached hydrogen (secondary N) is 2. The van der Waals surface area contributed by atoms with E-state index in [-0.39, 0.29) is 48.6 Å². The highest BCUT2D eigenvalue weighted by molar-refractivity contribution is 7.13. The van der Waals surface area contributed by atoms with Gasteiger partial charge in [-0.3, -0.25) is 19.8 Å². The first-order chi connectivity index (χ1) is 11.1. The molecule has 0 radical (unpaired) electrons. The maximum Gasteiger partial charge on any atom is 0.321 e. The number of aromatic nitrogens is 2. The van der Waals surface area contributed by atoms with Crippen molar-refractivity contribution in [3.05, 3.63) is 17.7 Å². The maximum absolute atomic E-state index is 12.4. The van der Waals surface area contributed by atoms with Crippen LogP contribution in [0.5, 0.6) is 0 Å². The minimum Gasteiger partial charge on any atom is -0.336 e. The van der Waals surface area contributed by atoms with E-state index in [1.165, 1.54) is 21.7 Å². The molecule has 0 unspecified atom stereocenters. The molecule has 2 fully saturated rings. The van der Waals surface area contributed by atoms with Crippen LogP contribution in [-0.4, -0.2) is 46.0 Å². The van der Waals surface area contributed by atoms with E-state index >= 15 is 0 Å². The number of nitrogens with zero attached hydrogens (tertiary/aromatic N) is 3. The average molecular weight is 333 g/mol. The van der Waals surface area contributed by atoms with Crippen LogP contribution in [0.1, 0.15) is 6.42 Å². The Balaban J connectivity index is 1.31. The Bertz CT molecular complexity index is 659. The van der Waals surface area contributed by atoms with Crippen molar-refractivity contribution in [2.24, 2.45) is 23.7 Å². The molecule has 120 valence electrons. The number of hydrogen-bond acceptors (Lipinski definition) is 6. The summed E-state index contributed by atoms with van der Waals surface area (Å²) in [5.41, 5.74) is 1.51. The molecule has 4 rings (SSSR count). The minimum absolute atomic E-state index is 0.0943. The molecule has 0 spiro atoms. The summed E-state index contributed by atoms with van der Waals surface area (Å²) in [4.78, 5) is 37.9. The zero-order valence-electron chi connectivity index (χ0n) is 12.1. The third-order valence-electron chi connectivity index (χ3n) is 4.76. The van der Waals surface area contributed by atoms with Crippen molar-refractivity contribution in [3.63, 3.8) is 0 Å². The van der Waals surface area contributed by atoms with Gasteiger partial charge in [-0.15, -0.1) is 10.2 Å². The van der Waals surface area contributed by atoms with Crippen LogP contribution in [-0.2, 0) is 9.59 Å². The number of likely N-dealkylation sites (tertiary alicyclic amines) is 1. The molecule has 23 heavy (non-hydrogen) atoms. The van der Waals surface area contributed by atoms with Crippen molar-refractivity contribution in [1.29, 1.82) is 0 Å². The predicted octanol–water partition coefficient (Wildman–Crippen LogP) is 0.467. The number of allylic oxidation sites excluding steroid dienone is 2. The Labute approximate surface area is 135 Å². The first-order valence-electron chi connectivity index (χ1n) is 7.49.